The third kappa shape index (κ3) is 3.04. The monoisotopic (exact) mass is 274 g/mol. The van der Waals surface area contributed by atoms with Crippen LogP contribution in [-0.2, 0) is 6.54 Å². The van der Waals surface area contributed by atoms with E-state index in [2.05, 4.69) is 5.32 Å². The van der Waals surface area contributed by atoms with Crippen molar-refractivity contribution in [2.45, 2.75) is 6.54 Å². The molecule has 0 unspecified atom stereocenters. The van der Waals surface area contributed by atoms with Crippen molar-refractivity contribution >= 4 is 5.69 Å². The van der Waals surface area contributed by atoms with E-state index in [0.29, 0.717) is 11.3 Å². The van der Waals surface area contributed by atoms with E-state index in [9.17, 15) is 8.78 Å². The van der Waals surface area contributed by atoms with Crippen LogP contribution in [0.4, 0.5) is 14.5 Å². The first-order valence-electron chi connectivity index (χ1n) is 5.90. The van der Waals surface area contributed by atoms with Gasteiger partial charge in [0.25, 0.3) is 0 Å². The van der Waals surface area contributed by atoms with E-state index < -0.39 is 11.6 Å². The van der Waals surface area contributed by atoms with Crippen LogP contribution in [0.1, 0.15) is 11.1 Å². The molecule has 0 heterocycles. The second kappa shape index (κ2) is 6.02. The van der Waals surface area contributed by atoms with E-state index in [4.69, 9.17) is 10.00 Å². The molecule has 0 aliphatic rings. The van der Waals surface area contributed by atoms with Crippen LogP contribution in [0.25, 0.3) is 0 Å². The van der Waals surface area contributed by atoms with Gasteiger partial charge in [0.05, 0.1) is 18.7 Å². The van der Waals surface area contributed by atoms with Crippen LogP contribution in [0.15, 0.2) is 36.4 Å². The van der Waals surface area contributed by atoms with Crippen molar-refractivity contribution in [1.29, 1.82) is 5.26 Å². The molecule has 102 valence electrons. The lowest BCUT2D eigenvalue weighted by atomic mass is 10.1. The number of methoxy groups -OCH3 is 1. The molecule has 0 aromatic heterocycles. The van der Waals surface area contributed by atoms with Gasteiger partial charge in [0, 0.05) is 23.9 Å². The molecule has 2 aromatic carbocycles. The highest BCUT2D eigenvalue weighted by molar-refractivity contribution is 5.48. The maximum absolute atomic E-state index is 13.7. The normalized spacial score (nSPS) is 9.90. The maximum Gasteiger partial charge on any atom is 0.167 e. The summed E-state index contributed by atoms with van der Waals surface area (Å²) in [5.74, 6) is -0.802. The Hall–Kier alpha value is -2.61. The fourth-order valence-corrected chi connectivity index (χ4v) is 1.73. The van der Waals surface area contributed by atoms with E-state index in [1.54, 1.807) is 6.07 Å². The van der Waals surface area contributed by atoms with Gasteiger partial charge in [-0.3, -0.25) is 0 Å². The van der Waals surface area contributed by atoms with Crippen molar-refractivity contribution in [1.82, 2.24) is 0 Å². The highest BCUT2D eigenvalue weighted by Gasteiger charge is 2.06. The zero-order valence-corrected chi connectivity index (χ0v) is 10.8. The van der Waals surface area contributed by atoms with Crippen molar-refractivity contribution in [3.63, 3.8) is 0 Å². The molecule has 0 radical (unpaired) electrons. The molecule has 0 saturated heterocycles. The van der Waals surface area contributed by atoms with E-state index in [-0.39, 0.29) is 17.9 Å². The smallest absolute Gasteiger partial charge is 0.167 e. The first-order chi connectivity index (χ1) is 9.63. The van der Waals surface area contributed by atoms with Gasteiger partial charge in [0.2, 0.25) is 0 Å². The molecule has 0 aliphatic carbocycles. The molecular weight excluding hydrogens is 262 g/mol. The first kappa shape index (κ1) is 13.8. The standard InChI is InChI=1S/C15H12F2N2O/c1-20-15-5-4-12(7-14(15)17)19-9-11-3-2-10(8-18)6-13(11)16/h2-7,19H,9H2,1H3. The minimum atomic E-state index is -0.488. The molecule has 0 saturated carbocycles. The van der Waals surface area contributed by atoms with Crippen molar-refractivity contribution in [2.24, 2.45) is 0 Å². The van der Waals surface area contributed by atoms with Gasteiger partial charge in [-0.25, -0.2) is 8.78 Å². The molecule has 5 heteroatoms. The van der Waals surface area contributed by atoms with Gasteiger partial charge in [-0.05, 0) is 24.3 Å². The molecule has 0 atom stereocenters. The summed E-state index contributed by atoms with van der Waals surface area (Å²) in [6.45, 7) is 0.198. The van der Waals surface area contributed by atoms with Crippen LogP contribution in [0.3, 0.4) is 0 Å². The third-order valence-electron chi connectivity index (χ3n) is 2.82. The lowest BCUT2D eigenvalue weighted by Crippen LogP contribution is -2.02. The largest absolute Gasteiger partial charge is 0.494 e. The Labute approximate surface area is 115 Å². The highest BCUT2D eigenvalue weighted by atomic mass is 19.1. The molecule has 2 aromatic rings. The Kier molecular flexibility index (Phi) is 4.16. The predicted molar refractivity (Wildman–Crippen MR) is 71.4 cm³/mol. The summed E-state index contributed by atoms with van der Waals surface area (Å²) in [7, 11) is 1.39. The number of nitriles is 1. The summed E-state index contributed by atoms with van der Waals surface area (Å²) in [4.78, 5) is 0. The number of hydrogen-bond acceptors (Lipinski definition) is 3. The number of rotatable bonds is 4. The summed E-state index contributed by atoms with van der Waals surface area (Å²) in [6, 6.07) is 10.5. The van der Waals surface area contributed by atoms with Gasteiger partial charge in [-0.1, -0.05) is 6.07 Å². The number of anilines is 1. The number of nitrogens with one attached hydrogen (secondary N) is 1. The molecular formula is C15H12F2N2O. The average molecular weight is 274 g/mol. The van der Waals surface area contributed by atoms with Gasteiger partial charge >= 0.3 is 0 Å². The summed E-state index contributed by atoms with van der Waals surface area (Å²) < 4.78 is 31.9. The number of ether oxygens (including phenoxy) is 1. The van der Waals surface area contributed by atoms with Gasteiger partial charge in [-0.2, -0.15) is 5.26 Å². The first-order valence-corrected chi connectivity index (χ1v) is 5.90. The lowest BCUT2D eigenvalue weighted by molar-refractivity contribution is 0.386. The zero-order valence-electron chi connectivity index (χ0n) is 10.8. The average Bonchev–Trinajstić information content (AvgIpc) is 2.46. The second-order valence-corrected chi connectivity index (χ2v) is 4.12. The van der Waals surface area contributed by atoms with Crippen LogP contribution in [-0.4, -0.2) is 7.11 Å². The fourth-order valence-electron chi connectivity index (χ4n) is 1.73. The molecule has 0 aliphatic heterocycles. The van der Waals surface area contributed by atoms with Crippen LogP contribution in [0.5, 0.6) is 5.75 Å². The van der Waals surface area contributed by atoms with Crippen LogP contribution in [0.2, 0.25) is 0 Å². The summed E-state index contributed by atoms with van der Waals surface area (Å²) in [6.07, 6.45) is 0. The van der Waals surface area contributed by atoms with Gasteiger partial charge in [0.1, 0.15) is 5.82 Å². The van der Waals surface area contributed by atoms with Gasteiger partial charge in [-0.15, -0.1) is 0 Å². The molecule has 20 heavy (non-hydrogen) atoms. The van der Waals surface area contributed by atoms with E-state index in [1.165, 1.54) is 37.4 Å². The second-order valence-electron chi connectivity index (χ2n) is 4.12. The Morgan fingerprint density at radius 1 is 1.15 bits per heavy atom. The number of halogens is 2. The zero-order chi connectivity index (χ0) is 14.5. The minimum Gasteiger partial charge on any atom is -0.494 e. The summed E-state index contributed by atoms with van der Waals surface area (Å²) in [5, 5.41) is 11.6. The Morgan fingerprint density at radius 3 is 2.55 bits per heavy atom. The van der Waals surface area contributed by atoms with E-state index in [0.717, 1.165) is 0 Å². The van der Waals surface area contributed by atoms with Crippen LogP contribution >= 0.6 is 0 Å². The summed E-state index contributed by atoms with van der Waals surface area (Å²) in [5.41, 5.74) is 1.19. The minimum absolute atomic E-state index is 0.153. The molecule has 0 spiro atoms. The van der Waals surface area contributed by atoms with Crippen molar-refractivity contribution in [3.05, 3.63) is 59.2 Å². The lowest BCUT2D eigenvalue weighted by Gasteiger charge is -2.09. The van der Waals surface area contributed by atoms with Gasteiger partial charge in [0.15, 0.2) is 11.6 Å². The molecule has 0 bridgehead atoms. The number of benzene rings is 2. The van der Waals surface area contributed by atoms with Crippen molar-refractivity contribution < 1.29 is 13.5 Å². The molecule has 0 fully saturated rings. The van der Waals surface area contributed by atoms with E-state index >= 15 is 0 Å². The fraction of sp³-hybridized carbons (Fsp3) is 0.133. The highest BCUT2D eigenvalue weighted by Crippen LogP contribution is 2.21. The van der Waals surface area contributed by atoms with Crippen molar-refractivity contribution in [2.75, 3.05) is 12.4 Å². The Balaban J connectivity index is 2.09. The topological polar surface area (TPSA) is 45.0 Å². The maximum atomic E-state index is 13.7. The van der Waals surface area contributed by atoms with Crippen LogP contribution < -0.4 is 10.1 Å². The number of nitrogens with zero attached hydrogens (tertiary/aromatic N) is 1. The van der Waals surface area contributed by atoms with Crippen LogP contribution in [0, 0.1) is 23.0 Å². The molecule has 1 N–H and O–H groups in total. The Bertz CT molecular complexity index is 665. The SMILES string of the molecule is COc1ccc(NCc2ccc(C#N)cc2F)cc1F. The third-order valence-corrected chi connectivity index (χ3v) is 2.82. The molecule has 0 amide bonds. The van der Waals surface area contributed by atoms with Gasteiger partial charge < -0.3 is 10.1 Å². The predicted octanol–water partition coefficient (Wildman–Crippen LogP) is 3.46. The summed E-state index contributed by atoms with van der Waals surface area (Å²) >= 11 is 0. The quantitative estimate of drug-likeness (QED) is 0.928. The molecule has 2 rings (SSSR count). The number of hydrogen-bond donors (Lipinski definition) is 1. The Morgan fingerprint density at radius 2 is 1.95 bits per heavy atom. The van der Waals surface area contributed by atoms with Crippen molar-refractivity contribution in [3.8, 4) is 11.8 Å². The molecule has 3 nitrogen and oxygen atoms in total. The van der Waals surface area contributed by atoms with E-state index in [1.807, 2.05) is 6.07 Å².